The van der Waals surface area contributed by atoms with Crippen LogP contribution in [0.2, 0.25) is 0 Å². The third kappa shape index (κ3) is 5.52. The highest BCUT2D eigenvalue weighted by Gasteiger charge is 2.24. The Bertz CT molecular complexity index is 3460. The molecule has 0 saturated heterocycles. The van der Waals surface area contributed by atoms with E-state index in [1.807, 2.05) is 66.7 Å². The summed E-state index contributed by atoms with van der Waals surface area (Å²) in [6.07, 6.45) is 0. The second kappa shape index (κ2) is 13.8. The van der Waals surface area contributed by atoms with Crippen LogP contribution in [0.15, 0.2) is 209 Å². The van der Waals surface area contributed by atoms with Gasteiger partial charge in [-0.15, -0.1) is 0 Å². The van der Waals surface area contributed by atoms with Crippen molar-refractivity contribution in [2.45, 2.75) is 0 Å². The molecule has 0 atom stereocenters. The van der Waals surface area contributed by atoms with Crippen LogP contribution in [-0.2, 0) is 0 Å². The number of benzene rings is 9. The fourth-order valence-corrected chi connectivity index (χ4v) is 8.75. The first-order valence-electron chi connectivity index (χ1n) is 20.1. The SMILES string of the molecule is c1ccc(-c2ccc(-c3cc(-c4ccccc4)c4ccccc4c3-c3nc(-c4cccc5c4oc4ccccc45)nc(-c4cccc5c4oc4ccccc45)n3)cc2)cc1. The van der Waals surface area contributed by atoms with Gasteiger partial charge in [0.15, 0.2) is 17.5 Å². The van der Waals surface area contributed by atoms with E-state index in [4.69, 9.17) is 23.8 Å². The predicted molar refractivity (Wildman–Crippen MR) is 245 cm³/mol. The number of aromatic nitrogens is 3. The molecule has 60 heavy (non-hydrogen) atoms. The van der Waals surface area contributed by atoms with E-state index in [2.05, 4.69) is 133 Å². The Balaban J connectivity index is 1.17. The molecule has 0 bridgehead atoms. The third-order valence-corrected chi connectivity index (χ3v) is 11.6. The second-order valence-electron chi connectivity index (χ2n) is 15.1. The quantitative estimate of drug-likeness (QED) is 0.169. The lowest BCUT2D eigenvalue weighted by atomic mass is 9.87. The fourth-order valence-electron chi connectivity index (χ4n) is 8.75. The molecule has 0 aliphatic rings. The van der Waals surface area contributed by atoms with Crippen LogP contribution in [0.1, 0.15) is 0 Å². The van der Waals surface area contributed by atoms with Gasteiger partial charge in [-0.3, -0.25) is 0 Å². The predicted octanol–water partition coefficient (Wildman–Crippen LogP) is 14.8. The van der Waals surface area contributed by atoms with Gasteiger partial charge < -0.3 is 8.83 Å². The van der Waals surface area contributed by atoms with Crippen LogP contribution < -0.4 is 0 Å². The van der Waals surface area contributed by atoms with Gasteiger partial charge in [0.25, 0.3) is 0 Å². The Morgan fingerprint density at radius 2 is 0.683 bits per heavy atom. The molecule has 3 heterocycles. The van der Waals surface area contributed by atoms with E-state index in [1.54, 1.807) is 0 Å². The van der Waals surface area contributed by atoms with E-state index < -0.39 is 0 Å². The molecule has 12 rings (SSSR count). The molecular formula is C55H33N3O2. The molecule has 12 aromatic rings. The monoisotopic (exact) mass is 767 g/mol. The van der Waals surface area contributed by atoms with Gasteiger partial charge in [0.05, 0.1) is 11.1 Å². The molecule has 5 heteroatoms. The van der Waals surface area contributed by atoms with Crippen molar-refractivity contribution in [2.24, 2.45) is 0 Å². The van der Waals surface area contributed by atoms with E-state index in [0.717, 1.165) is 99.2 Å². The van der Waals surface area contributed by atoms with Crippen LogP contribution in [0.3, 0.4) is 0 Å². The van der Waals surface area contributed by atoms with Gasteiger partial charge in [-0.1, -0.05) is 170 Å². The fraction of sp³-hybridized carbons (Fsp3) is 0. The zero-order valence-electron chi connectivity index (χ0n) is 32.2. The molecule has 0 radical (unpaired) electrons. The van der Waals surface area contributed by atoms with E-state index >= 15 is 0 Å². The maximum absolute atomic E-state index is 6.60. The standard InChI is InChI=1S/C55H33N3O2/c1-3-15-34(16-4-1)35-29-31-37(32-30-35)47-33-46(36-17-5-2-6-18-36)38-19-7-8-22-41(38)50(47)55-57-53(44-25-13-23-42-39-20-9-11-27-48(39)59-51(42)44)56-54(58-55)45-26-14-24-43-40-21-10-12-28-49(40)60-52(43)45/h1-33H. The highest BCUT2D eigenvalue weighted by atomic mass is 16.3. The second-order valence-corrected chi connectivity index (χ2v) is 15.1. The van der Waals surface area contributed by atoms with Gasteiger partial charge >= 0.3 is 0 Å². The van der Waals surface area contributed by atoms with Crippen LogP contribution in [0.25, 0.3) is 122 Å². The van der Waals surface area contributed by atoms with Gasteiger partial charge in [-0.05, 0) is 74.5 Å². The van der Waals surface area contributed by atoms with E-state index in [-0.39, 0.29) is 0 Å². The minimum atomic E-state index is 0.509. The summed E-state index contributed by atoms with van der Waals surface area (Å²) in [6.45, 7) is 0. The normalized spacial score (nSPS) is 11.7. The van der Waals surface area contributed by atoms with E-state index in [1.165, 1.54) is 5.56 Å². The van der Waals surface area contributed by atoms with Crippen molar-refractivity contribution in [2.75, 3.05) is 0 Å². The lowest BCUT2D eigenvalue weighted by Gasteiger charge is -2.18. The molecule has 0 unspecified atom stereocenters. The molecule has 0 spiro atoms. The molecule has 3 aromatic heterocycles. The highest BCUT2D eigenvalue weighted by molar-refractivity contribution is 6.12. The molecule has 0 saturated carbocycles. The third-order valence-electron chi connectivity index (χ3n) is 11.6. The summed E-state index contributed by atoms with van der Waals surface area (Å²) in [5.74, 6) is 1.57. The van der Waals surface area contributed by atoms with Crippen LogP contribution in [0, 0.1) is 0 Å². The summed E-state index contributed by atoms with van der Waals surface area (Å²) >= 11 is 0. The van der Waals surface area contributed by atoms with E-state index in [9.17, 15) is 0 Å². The Labute approximate surface area is 344 Å². The molecule has 0 aliphatic carbocycles. The first kappa shape index (κ1) is 33.9. The molecule has 280 valence electrons. The molecule has 5 nitrogen and oxygen atoms in total. The molecular weight excluding hydrogens is 735 g/mol. The largest absolute Gasteiger partial charge is 0.455 e. The maximum atomic E-state index is 6.60. The van der Waals surface area contributed by atoms with Crippen molar-refractivity contribution in [3.8, 4) is 67.5 Å². The molecule has 0 aliphatic heterocycles. The Kier molecular flexibility index (Phi) is 7.78. The maximum Gasteiger partial charge on any atom is 0.167 e. The molecule has 0 N–H and O–H groups in total. The number of para-hydroxylation sites is 4. The summed E-state index contributed by atoms with van der Waals surface area (Å²) in [5, 5.41) is 6.23. The van der Waals surface area contributed by atoms with Crippen molar-refractivity contribution in [3.63, 3.8) is 0 Å². The summed E-state index contributed by atoms with van der Waals surface area (Å²) < 4.78 is 13.2. The number of hydrogen-bond donors (Lipinski definition) is 0. The summed E-state index contributed by atoms with van der Waals surface area (Å²) in [5.41, 5.74) is 12.2. The van der Waals surface area contributed by atoms with Gasteiger partial charge in [0.1, 0.15) is 22.3 Å². The van der Waals surface area contributed by atoms with Gasteiger partial charge in [0, 0.05) is 27.1 Å². The lowest BCUT2D eigenvalue weighted by molar-refractivity contribution is 0.669. The summed E-state index contributed by atoms with van der Waals surface area (Å²) in [7, 11) is 0. The van der Waals surface area contributed by atoms with E-state index in [0.29, 0.717) is 17.5 Å². The first-order valence-corrected chi connectivity index (χ1v) is 20.1. The number of fused-ring (bicyclic) bond motifs is 7. The molecule has 0 fully saturated rings. The van der Waals surface area contributed by atoms with Gasteiger partial charge in [0.2, 0.25) is 0 Å². The average molecular weight is 768 g/mol. The zero-order valence-corrected chi connectivity index (χ0v) is 32.2. The molecule has 9 aromatic carbocycles. The Hall–Kier alpha value is -8.15. The highest BCUT2D eigenvalue weighted by Crippen LogP contribution is 2.44. The number of hydrogen-bond acceptors (Lipinski definition) is 5. The zero-order chi connectivity index (χ0) is 39.6. The summed E-state index contributed by atoms with van der Waals surface area (Å²) in [4.78, 5) is 16.2. The van der Waals surface area contributed by atoms with Crippen molar-refractivity contribution >= 4 is 54.6 Å². The molecule has 0 amide bonds. The number of furan rings is 2. The number of nitrogens with zero attached hydrogens (tertiary/aromatic N) is 3. The van der Waals surface area contributed by atoms with Crippen LogP contribution in [0.5, 0.6) is 0 Å². The van der Waals surface area contributed by atoms with Gasteiger partial charge in [-0.2, -0.15) is 0 Å². The Morgan fingerprint density at radius 3 is 1.27 bits per heavy atom. The van der Waals surface area contributed by atoms with Crippen molar-refractivity contribution in [1.29, 1.82) is 0 Å². The lowest BCUT2D eigenvalue weighted by Crippen LogP contribution is -2.02. The topological polar surface area (TPSA) is 65.0 Å². The Morgan fingerprint density at radius 1 is 0.267 bits per heavy atom. The van der Waals surface area contributed by atoms with Crippen LogP contribution in [0.4, 0.5) is 0 Å². The van der Waals surface area contributed by atoms with Crippen LogP contribution >= 0.6 is 0 Å². The van der Waals surface area contributed by atoms with Crippen molar-refractivity contribution in [3.05, 3.63) is 200 Å². The van der Waals surface area contributed by atoms with Crippen LogP contribution in [-0.4, -0.2) is 15.0 Å². The first-order chi connectivity index (χ1) is 29.7. The minimum absolute atomic E-state index is 0.509. The van der Waals surface area contributed by atoms with Gasteiger partial charge in [-0.25, -0.2) is 15.0 Å². The summed E-state index contributed by atoms with van der Waals surface area (Å²) in [6, 6.07) is 69.3. The average Bonchev–Trinajstić information content (AvgIpc) is 3.90. The number of rotatable bonds is 6. The smallest absolute Gasteiger partial charge is 0.167 e. The van der Waals surface area contributed by atoms with Crippen molar-refractivity contribution < 1.29 is 8.83 Å². The minimum Gasteiger partial charge on any atom is -0.455 e. The van der Waals surface area contributed by atoms with Crippen molar-refractivity contribution in [1.82, 2.24) is 15.0 Å².